The molecule has 5 nitrogen and oxygen atoms in total. The Morgan fingerprint density at radius 3 is 2.50 bits per heavy atom. The Kier molecular flexibility index (Phi) is 4.10. The van der Waals surface area contributed by atoms with Gasteiger partial charge >= 0.3 is 0 Å². The van der Waals surface area contributed by atoms with Gasteiger partial charge in [-0.05, 0) is 68.3 Å². The Hall–Kier alpha value is -0.460. The molecule has 5 fully saturated rings. The summed E-state index contributed by atoms with van der Waals surface area (Å²) in [6.45, 7) is 5.09. The maximum Gasteiger partial charge on any atom is 0.188 e. The number of allylic oxidation sites excluding steroid dienone is 1. The van der Waals surface area contributed by atoms with Crippen LogP contribution in [0.15, 0.2) is 11.6 Å². The lowest BCUT2D eigenvalue weighted by molar-refractivity contribution is -0.262. The zero-order chi connectivity index (χ0) is 19.0. The third kappa shape index (κ3) is 2.26. The standard InChI is InChI=1S/C23H34O5/c1-2-21-14-19(24)20-16-5-7-22(25-9-10-26-22)13-15(16)3-4-17(20)18(21)6-8-23(21)27-11-12-28-23/h13,16-20,24H,2-12,14H2,1H3/t16?,17?,18?,19?,20?,21-/m0/s1. The second-order valence-electron chi connectivity index (χ2n) is 10.0. The van der Waals surface area contributed by atoms with E-state index in [-0.39, 0.29) is 11.5 Å². The van der Waals surface area contributed by atoms with E-state index in [4.69, 9.17) is 18.9 Å². The molecule has 4 aliphatic carbocycles. The molecule has 3 saturated carbocycles. The predicted octanol–water partition coefficient (Wildman–Crippen LogP) is 3.41. The largest absolute Gasteiger partial charge is 0.393 e. The van der Waals surface area contributed by atoms with Gasteiger partial charge in [0.1, 0.15) is 0 Å². The third-order valence-electron chi connectivity index (χ3n) is 9.36. The van der Waals surface area contributed by atoms with E-state index in [0.717, 1.165) is 38.5 Å². The van der Waals surface area contributed by atoms with E-state index < -0.39 is 11.6 Å². The first kappa shape index (κ1) is 18.3. The Morgan fingerprint density at radius 2 is 1.75 bits per heavy atom. The van der Waals surface area contributed by atoms with E-state index in [0.29, 0.717) is 50.1 Å². The SMILES string of the molecule is CC[C@]12CC(O)C3C4CCC5(C=C4CCC3C1CCC21OCCO1)OCCO5. The topological polar surface area (TPSA) is 57.2 Å². The zero-order valence-corrected chi connectivity index (χ0v) is 17.0. The van der Waals surface area contributed by atoms with E-state index in [1.54, 1.807) is 0 Å². The highest BCUT2D eigenvalue weighted by Gasteiger charge is 2.68. The first-order valence-corrected chi connectivity index (χ1v) is 11.6. The van der Waals surface area contributed by atoms with Gasteiger partial charge in [0.25, 0.3) is 0 Å². The van der Waals surface area contributed by atoms with E-state index >= 15 is 0 Å². The average Bonchev–Trinajstić information content (AvgIpc) is 3.43. The van der Waals surface area contributed by atoms with Crippen LogP contribution >= 0.6 is 0 Å². The van der Waals surface area contributed by atoms with Crippen molar-refractivity contribution in [1.29, 1.82) is 0 Å². The van der Waals surface area contributed by atoms with Crippen molar-refractivity contribution in [2.24, 2.45) is 29.1 Å². The van der Waals surface area contributed by atoms with Crippen molar-refractivity contribution < 1.29 is 24.1 Å². The first-order chi connectivity index (χ1) is 13.6. The predicted molar refractivity (Wildman–Crippen MR) is 102 cm³/mol. The first-order valence-electron chi connectivity index (χ1n) is 11.6. The summed E-state index contributed by atoms with van der Waals surface area (Å²) in [5.41, 5.74) is 1.47. The highest BCUT2D eigenvalue weighted by molar-refractivity contribution is 5.24. The highest BCUT2D eigenvalue weighted by atomic mass is 16.7. The zero-order valence-electron chi connectivity index (χ0n) is 17.0. The van der Waals surface area contributed by atoms with Crippen LogP contribution in [0.2, 0.25) is 0 Å². The third-order valence-corrected chi connectivity index (χ3v) is 9.36. The van der Waals surface area contributed by atoms with Crippen LogP contribution in [0.25, 0.3) is 0 Å². The molecule has 0 amide bonds. The second kappa shape index (κ2) is 6.27. The number of fused-ring (bicyclic) bond motifs is 6. The maximum atomic E-state index is 11.5. The van der Waals surface area contributed by atoms with E-state index in [9.17, 15) is 5.11 Å². The molecule has 5 heteroatoms. The fourth-order valence-corrected chi connectivity index (χ4v) is 8.40. The van der Waals surface area contributed by atoms with Crippen molar-refractivity contribution in [1.82, 2.24) is 0 Å². The van der Waals surface area contributed by atoms with Crippen LogP contribution in [0.5, 0.6) is 0 Å². The van der Waals surface area contributed by atoms with Crippen molar-refractivity contribution in [3.63, 3.8) is 0 Å². The van der Waals surface area contributed by atoms with Gasteiger partial charge in [0.15, 0.2) is 11.6 Å². The average molecular weight is 391 g/mol. The van der Waals surface area contributed by atoms with Crippen molar-refractivity contribution in [2.45, 2.75) is 76.0 Å². The van der Waals surface area contributed by atoms with Crippen LogP contribution in [-0.4, -0.2) is 49.2 Å². The molecule has 0 aromatic carbocycles. The number of aliphatic hydroxyl groups is 1. The lowest BCUT2D eigenvalue weighted by atomic mass is 9.49. The summed E-state index contributed by atoms with van der Waals surface area (Å²) >= 11 is 0. The molecular formula is C23H34O5. The van der Waals surface area contributed by atoms with E-state index in [1.807, 2.05) is 0 Å². The molecule has 28 heavy (non-hydrogen) atoms. The molecule has 2 heterocycles. The van der Waals surface area contributed by atoms with Crippen LogP contribution < -0.4 is 0 Å². The molecule has 0 bridgehead atoms. The van der Waals surface area contributed by atoms with Crippen LogP contribution in [0.1, 0.15) is 58.3 Å². The lowest BCUT2D eigenvalue weighted by Gasteiger charge is -2.58. The number of ether oxygens (including phenoxy) is 4. The minimum Gasteiger partial charge on any atom is -0.393 e. The summed E-state index contributed by atoms with van der Waals surface area (Å²) in [5, 5.41) is 11.5. The van der Waals surface area contributed by atoms with Crippen LogP contribution in [0.4, 0.5) is 0 Å². The molecule has 0 aromatic rings. The quantitative estimate of drug-likeness (QED) is 0.696. The van der Waals surface area contributed by atoms with Crippen molar-refractivity contribution >= 4 is 0 Å². The van der Waals surface area contributed by atoms with Gasteiger partial charge in [-0.15, -0.1) is 0 Å². The van der Waals surface area contributed by atoms with Gasteiger partial charge in [0, 0.05) is 18.3 Å². The van der Waals surface area contributed by atoms with Crippen molar-refractivity contribution in [3.05, 3.63) is 11.6 Å². The maximum absolute atomic E-state index is 11.5. The van der Waals surface area contributed by atoms with Gasteiger partial charge in [-0.25, -0.2) is 0 Å². The van der Waals surface area contributed by atoms with Crippen LogP contribution in [0, 0.1) is 29.1 Å². The van der Waals surface area contributed by atoms with Gasteiger partial charge in [-0.1, -0.05) is 12.5 Å². The smallest absolute Gasteiger partial charge is 0.188 e. The Bertz CT molecular complexity index is 662. The Labute approximate surface area is 167 Å². The molecule has 2 spiro atoms. The summed E-state index contributed by atoms with van der Waals surface area (Å²) in [7, 11) is 0. The highest BCUT2D eigenvalue weighted by Crippen LogP contribution is 2.68. The summed E-state index contributed by atoms with van der Waals surface area (Å²) in [6.07, 6.45) is 10.4. The fraction of sp³-hybridized carbons (Fsp3) is 0.913. The van der Waals surface area contributed by atoms with Gasteiger partial charge in [0.2, 0.25) is 0 Å². The van der Waals surface area contributed by atoms with Gasteiger partial charge in [-0.2, -0.15) is 0 Å². The minimum absolute atomic E-state index is 0.0150. The fourth-order valence-electron chi connectivity index (χ4n) is 8.40. The molecule has 6 rings (SSSR count). The summed E-state index contributed by atoms with van der Waals surface area (Å²) in [4.78, 5) is 0. The summed E-state index contributed by atoms with van der Waals surface area (Å²) in [5.74, 6) is 1.16. The Morgan fingerprint density at radius 1 is 1.00 bits per heavy atom. The molecule has 2 saturated heterocycles. The monoisotopic (exact) mass is 390 g/mol. The molecule has 0 aromatic heterocycles. The summed E-state index contributed by atoms with van der Waals surface area (Å²) < 4.78 is 24.5. The molecule has 1 N–H and O–H groups in total. The minimum atomic E-state index is -0.464. The molecule has 5 unspecified atom stereocenters. The van der Waals surface area contributed by atoms with Crippen molar-refractivity contribution in [3.8, 4) is 0 Å². The molecule has 2 aliphatic heterocycles. The van der Waals surface area contributed by atoms with Crippen molar-refractivity contribution in [2.75, 3.05) is 26.4 Å². The number of hydrogen-bond acceptors (Lipinski definition) is 5. The molecule has 0 radical (unpaired) electrons. The summed E-state index contributed by atoms with van der Waals surface area (Å²) in [6, 6.07) is 0. The van der Waals surface area contributed by atoms with Crippen LogP contribution in [0.3, 0.4) is 0 Å². The number of hydrogen-bond donors (Lipinski definition) is 1. The van der Waals surface area contributed by atoms with Gasteiger partial charge in [0.05, 0.1) is 32.5 Å². The Balaban J connectivity index is 1.33. The molecule has 156 valence electrons. The molecule has 6 aliphatic rings. The van der Waals surface area contributed by atoms with E-state index in [2.05, 4.69) is 13.0 Å². The number of aliphatic hydroxyl groups excluding tert-OH is 1. The normalized spacial score (nSPS) is 48.4. The van der Waals surface area contributed by atoms with Crippen LogP contribution in [-0.2, 0) is 18.9 Å². The van der Waals surface area contributed by atoms with Gasteiger partial charge < -0.3 is 24.1 Å². The molecule has 6 atom stereocenters. The molecular weight excluding hydrogens is 356 g/mol. The van der Waals surface area contributed by atoms with Gasteiger partial charge in [-0.3, -0.25) is 0 Å². The lowest BCUT2D eigenvalue weighted by Crippen LogP contribution is -2.59. The second-order valence-corrected chi connectivity index (χ2v) is 10.0. The van der Waals surface area contributed by atoms with E-state index in [1.165, 1.54) is 18.4 Å². The number of rotatable bonds is 1.